The van der Waals surface area contributed by atoms with Crippen molar-refractivity contribution in [1.82, 2.24) is 30.4 Å². The number of carbonyl (C=O) groups is 1. The molecule has 4 rings (SSSR count). The summed E-state index contributed by atoms with van der Waals surface area (Å²) in [6, 6.07) is 5.40. The number of nitrogens with one attached hydrogen (secondary N) is 2. The summed E-state index contributed by atoms with van der Waals surface area (Å²) in [5, 5.41) is 20.2. The van der Waals surface area contributed by atoms with Crippen LogP contribution < -0.4 is 5.32 Å². The fourth-order valence-electron chi connectivity index (χ4n) is 4.06. The van der Waals surface area contributed by atoms with Crippen molar-refractivity contribution in [2.75, 3.05) is 6.54 Å². The molecule has 0 bridgehead atoms. The molecule has 132 valence electrons. The van der Waals surface area contributed by atoms with E-state index in [2.05, 4.69) is 25.5 Å². The summed E-state index contributed by atoms with van der Waals surface area (Å²) in [6.07, 6.45) is 5.82. The third-order valence-corrected chi connectivity index (χ3v) is 5.33. The van der Waals surface area contributed by atoms with Crippen molar-refractivity contribution in [1.29, 1.82) is 0 Å². The Balaban J connectivity index is 1.40. The maximum absolute atomic E-state index is 12.6. The van der Waals surface area contributed by atoms with Crippen molar-refractivity contribution in [3.63, 3.8) is 0 Å². The van der Waals surface area contributed by atoms with Crippen molar-refractivity contribution in [3.05, 3.63) is 30.2 Å². The smallest absolute Gasteiger partial charge is 0.318 e. The third-order valence-electron chi connectivity index (χ3n) is 5.33. The molecule has 1 spiro atoms. The first kappa shape index (κ1) is 16.0. The van der Waals surface area contributed by atoms with E-state index in [4.69, 9.17) is 0 Å². The number of H-pyrrole nitrogens is 1. The Bertz CT molecular complexity index is 741. The zero-order valence-electron chi connectivity index (χ0n) is 14.0. The number of rotatable bonds is 3. The summed E-state index contributed by atoms with van der Waals surface area (Å²) >= 11 is 0. The van der Waals surface area contributed by atoms with Gasteiger partial charge < -0.3 is 15.3 Å². The first-order valence-corrected chi connectivity index (χ1v) is 8.75. The topological polar surface area (TPSA) is 107 Å². The van der Waals surface area contributed by atoms with Crippen molar-refractivity contribution in [2.45, 2.75) is 50.3 Å². The zero-order chi connectivity index (χ0) is 17.3. The van der Waals surface area contributed by atoms with Gasteiger partial charge in [0.25, 0.3) is 0 Å². The Hall–Kier alpha value is -2.48. The molecule has 0 aromatic carbocycles. The lowest BCUT2D eigenvalue weighted by atomic mass is 9.91. The Morgan fingerprint density at radius 2 is 2.24 bits per heavy atom. The van der Waals surface area contributed by atoms with E-state index in [9.17, 15) is 9.90 Å². The minimum Gasteiger partial charge on any atom is -0.391 e. The van der Waals surface area contributed by atoms with Crippen LogP contribution in [0, 0.1) is 0 Å². The molecule has 2 aromatic rings. The molecule has 2 aliphatic rings. The predicted molar refractivity (Wildman–Crippen MR) is 90.4 cm³/mol. The first-order valence-electron chi connectivity index (χ1n) is 8.75. The molecule has 1 atom stereocenters. The number of nitrogens with zero attached hydrogens (tertiary/aromatic N) is 4. The molecule has 0 radical (unpaired) electrons. The van der Waals surface area contributed by atoms with Crippen molar-refractivity contribution in [3.8, 4) is 11.5 Å². The van der Waals surface area contributed by atoms with Crippen LogP contribution in [0.3, 0.4) is 0 Å². The van der Waals surface area contributed by atoms with E-state index >= 15 is 0 Å². The lowest BCUT2D eigenvalue weighted by molar-refractivity contribution is 0.0487. The zero-order valence-corrected chi connectivity index (χ0v) is 14.0. The molecule has 1 saturated carbocycles. The van der Waals surface area contributed by atoms with E-state index in [0.29, 0.717) is 30.3 Å². The molecule has 8 nitrogen and oxygen atoms in total. The van der Waals surface area contributed by atoms with Gasteiger partial charge >= 0.3 is 6.03 Å². The molecular formula is C17H22N6O2. The number of aromatic amines is 1. The van der Waals surface area contributed by atoms with Gasteiger partial charge in [-0.05, 0) is 31.4 Å². The second kappa shape index (κ2) is 6.44. The van der Waals surface area contributed by atoms with Crippen molar-refractivity contribution < 1.29 is 9.90 Å². The van der Waals surface area contributed by atoms with Crippen LogP contribution in [-0.2, 0) is 6.54 Å². The largest absolute Gasteiger partial charge is 0.391 e. The molecule has 1 aliphatic heterocycles. The second-order valence-electron chi connectivity index (χ2n) is 6.75. The molecule has 3 N–H and O–H groups in total. The lowest BCUT2D eigenvalue weighted by Crippen LogP contribution is -2.53. The minimum absolute atomic E-state index is 0.144. The fourth-order valence-corrected chi connectivity index (χ4v) is 4.06. The molecule has 3 heterocycles. The lowest BCUT2D eigenvalue weighted by Gasteiger charge is -2.37. The number of hydrogen-bond acceptors (Lipinski definition) is 5. The van der Waals surface area contributed by atoms with E-state index in [1.807, 2.05) is 23.1 Å². The number of urea groups is 1. The molecule has 8 heteroatoms. The molecule has 25 heavy (non-hydrogen) atoms. The van der Waals surface area contributed by atoms with Gasteiger partial charge in [0.1, 0.15) is 11.5 Å². The van der Waals surface area contributed by atoms with Crippen LogP contribution in [0.2, 0.25) is 0 Å². The van der Waals surface area contributed by atoms with Gasteiger partial charge in [-0.15, -0.1) is 0 Å². The average Bonchev–Trinajstić information content (AvgIpc) is 3.37. The van der Waals surface area contributed by atoms with Crippen molar-refractivity contribution >= 4 is 6.03 Å². The molecule has 1 unspecified atom stereocenters. The maximum Gasteiger partial charge on any atom is 0.318 e. The summed E-state index contributed by atoms with van der Waals surface area (Å²) in [4.78, 5) is 23.0. The summed E-state index contributed by atoms with van der Waals surface area (Å²) in [5.41, 5.74) is 0.314. The minimum atomic E-state index is -0.415. The highest BCUT2D eigenvalue weighted by Gasteiger charge is 2.51. The van der Waals surface area contributed by atoms with Gasteiger partial charge in [-0.1, -0.05) is 18.9 Å². The number of aliphatic hydroxyl groups is 1. The summed E-state index contributed by atoms with van der Waals surface area (Å²) < 4.78 is 0. The molecule has 1 aliphatic carbocycles. The van der Waals surface area contributed by atoms with E-state index in [0.717, 1.165) is 25.7 Å². The Morgan fingerprint density at radius 1 is 1.40 bits per heavy atom. The van der Waals surface area contributed by atoms with Crippen LogP contribution in [0.25, 0.3) is 11.5 Å². The highest BCUT2D eigenvalue weighted by molar-refractivity contribution is 5.75. The Kier molecular flexibility index (Phi) is 4.12. The highest BCUT2D eigenvalue weighted by Crippen LogP contribution is 2.43. The van der Waals surface area contributed by atoms with Crippen LogP contribution in [0.15, 0.2) is 24.4 Å². The molecule has 2 fully saturated rings. The van der Waals surface area contributed by atoms with Gasteiger partial charge in [0.15, 0.2) is 5.82 Å². The van der Waals surface area contributed by atoms with Crippen molar-refractivity contribution in [2.24, 2.45) is 0 Å². The number of likely N-dealkylation sites (tertiary alicyclic amines) is 1. The Labute approximate surface area is 145 Å². The van der Waals surface area contributed by atoms with Crippen LogP contribution in [0.5, 0.6) is 0 Å². The van der Waals surface area contributed by atoms with E-state index in [1.165, 1.54) is 0 Å². The highest BCUT2D eigenvalue weighted by atomic mass is 16.3. The molecule has 2 aromatic heterocycles. The van der Waals surface area contributed by atoms with E-state index in [1.54, 1.807) is 6.20 Å². The maximum atomic E-state index is 12.6. The average molecular weight is 342 g/mol. The predicted octanol–water partition coefficient (Wildman–Crippen LogP) is 1.46. The van der Waals surface area contributed by atoms with Gasteiger partial charge in [0.05, 0.1) is 18.2 Å². The number of amides is 2. The molecule has 1 saturated heterocycles. The quantitative estimate of drug-likeness (QED) is 0.783. The normalized spacial score (nSPS) is 21.8. The van der Waals surface area contributed by atoms with Gasteiger partial charge in [-0.2, -0.15) is 5.10 Å². The second-order valence-corrected chi connectivity index (χ2v) is 6.75. The Morgan fingerprint density at radius 3 is 3.00 bits per heavy atom. The third kappa shape index (κ3) is 2.86. The van der Waals surface area contributed by atoms with E-state index in [-0.39, 0.29) is 18.1 Å². The molecular weight excluding hydrogens is 320 g/mol. The van der Waals surface area contributed by atoms with Gasteiger partial charge in [0, 0.05) is 12.7 Å². The van der Waals surface area contributed by atoms with E-state index < -0.39 is 6.10 Å². The van der Waals surface area contributed by atoms with Gasteiger partial charge in [-0.3, -0.25) is 10.1 Å². The fraction of sp³-hybridized carbons (Fsp3) is 0.529. The molecule has 2 amide bonds. The van der Waals surface area contributed by atoms with Crippen LogP contribution in [-0.4, -0.2) is 54.4 Å². The number of pyridine rings is 1. The standard InChI is InChI=1S/C17H22N6O2/c24-13-6-10-23(17(13)7-2-3-8-17)16(25)19-11-14-20-15(22-21-14)12-5-1-4-9-18-12/h1,4-5,9,13,24H,2-3,6-8,10-11H2,(H,19,25)(H,20,21,22). The number of aliphatic hydroxyl groups excluding tert-OH is 1. The van der Waals surface area contributed by atoms with Gasteiger partial charge in [0.2, 0.25) is 0 Å². The van der Waals surface area contributed by atoms with Gasteiger partial charge in [-0.25, -0.2) is 9.78 Å². The first-order chi connectivity index (χ1) is 12.2. The number of hydrogen-bond donors (Lipinski definition) is 3. The number of carbonyl (C=O) groups excluding carboxylic acids is 1. The van der Waals surface area contributed by atoms with Crippen LogP contribution in [0.1, 0.15) is 37.9 Å². The number of aromatic nitrogens is 4. The summed E-state index contributed by atoms with van der Waals surface area (Å²) in [6.45, 7) is 0.865. The summed E-state index contributed by atoms with van der Waals surface area (Å²) in [5.74, 6) is 1.09. The van der Waals surface area contributed by atoms with Crippen LogP contribution >= 0.6 is 0 Å². The monoisotopic (exact) mass is 342 g/mol. The summed E-state index contributed by atoms with van der Waals surface area (Å²) in [7, 11) is 0. The van der Waals surface area contributed by atoms with Crippen LogP contribution in [0.4, 0.5) is 4.79 Å². The SMILES string of the molecule is O=C(NCc1nc(-c2ccccn2)n[nH]1)N1CCC(O)C12CCCC2.